The van der Waals surface area contributed by atoms with E-state index in [-0.39, 0.29) is 0 Å². The van der Waals surface area contributed by atoms with Gasteiger partial charge in [0.05, 0.1) is 17.9 Å². The second-order valence-corrected chi connectivity index (χ2v) is 5.43. The number of aromatic nitrogens is 3. The van der Waals surface area contributed by atoms with Crippen molar-refractivity contribution >= 4 is 0 Å². The molecule has 96 valence electrons. The molecule has 0 amide bonds. The van der Waals surface area contributed by atoms with Crippen molar-refractivity contribution in [2.24, 2.45) is 0 Å². The minimum atomic E-state index is 0.486. The molecule has 1 aliphatic heterocycles. The summed E-state index contributed by atoms with van der Waals surface area (Å²) in [6.07, 6.45) is 2.07. The minimum Gasteiger partial charge on any atom is -0.309 e. The van der Waals surface area contributed by atoms with Gasteiger partial charge in [-0.2, -0.15) is 0 Å². The fourth-order valence-corrected chi connectivity index (χ4v) is 1.96. The summed E-state index contributed by atoms with van der Waals surface area (Å²) in [4.78, 5) is 2.44. The summed E-state index contributed by atoms with van der Waals surface area (Å²) in [5, 5.41) is 11.8. The van der Waals surface area contributed by atoms with Crippen molar-refractivity contribution in [2.45, 2.75) is 52.4 Å². The lowest BCUT2D eigenvalue weighted by atomic mass is 10.1. The monoisotopic (exact) mass is 237 g/mol. The Balaban J connectivity index is 1.83. The van der Waals surface area contributed by atoms with Crippen molar-refractivity contribution in [3.63, 3.8) is 0 Å². The van der Waals surface area contributed by atoms with Crippen LogP contribution in [0.25, 0.3) is 0 Å². The molecule has 0 aromatic carbocycles. The first-order valence-electron chi connectivity index (χ1n) is 6.44. The zero-order valence-electron chi connectivity index (χ0n) is 11.2. The highest BCUT2D eigenvalue weighted by atomic mass is 15.5. The average molecular weight is 237 g/mol. The Hall–Kier alpha value is -0.940. The molecule has 0 radical (unpaired) electrons. The molecule has 5 heteroatoms. The molecule has 2 rings (SSSR count). The summed E-state index contributed by atoms with van der Waals surface area (Å²) in [6.45, 7) is 11.7. The fraction of sp³-hybridized carbons (Fsp3) is 0.833. The minimum absolute atomic E-state index is 0.486. The maximum Gasteiger partial charge on any atom is 0.0965 e. The van der Waals surface area contributed by atoms with Crippen LogP contribution in [0.1, 0.15) is 39.4 Å². The Labute approximate surface area is 103 Å². The summed E-state index contributed by atoms with van der Waals surface area (Å²) >= 11 is 0. The molecule has 1 aromatic heterocycles. The van der Waals surface area contributed by atoms with E-state index in [1.807, 2.05) is 4.68 Å². The number of nitrogens with one attached hydrogen (secondary N) is 1. The van der Waals surface area contributed by atoms with Gasteiger partial charge >= 0.3 is 0 Å². The van der Waals surface area contributed by atoms with Crippen LogP contribution >= 0.6 is 0 Å². The Morgan fingerprint density at radius 3 is 2.65 bits per heavy atom. The van der Waals surface area contributed by atoms with Crippen LogP contribution in [0.2, 0.25) is 0 Å². The van der Waals surface area contributed by atoms with Gasteiger partial charge in [-0.1, -0.05) is 19.1 Å². The molecule has 1 N–H and O–H groups in total. The molecule has 0 unspecified atom stereocenters. The molecular formula is C12H23N5. The topological polar surface area (TPSA) is 46.0 Å². The molecule has 0 bridgehead atoms. The van der Waals surface area contributed by atoms with E-state index in [0.29, 0.717) is 18.1 Å². The summed E-state index contributed by atoms with van der Waals surface area (Å²) in [7, 11) is 0. The van der Waals surface area contributed by atoms with E-state index in [2.05, 4.69) is 54.4 Å². The quantitative estimate of drug-likeness (QED) is 0.831. The standard InChI is InChI=1S/C12H23N5/c1-9(2)13-5-11-6-17(15-14-11)12-7-16(8-12)10(3)4/h6,9-10,12-13H,5,7-8H2,1-4H3. The van der Waals surface area contributed by atoms with Gasteiger partial charge in [0.25, 0.3) is 0 Å². The van der Waals surface area contributed by atoms with Gasteiger partial charge in [-0.05, 0) is 13.8 Å². The number of rotatable bonds is 5. The molecule has 17 heavy (non-hydrogen) atoms. The molecule has 0 spiro atoms. The van der Waals surface area contributed by atoms with E-state index in [1.165, 1.54) is 0 Å². The zero-order valence-corrected chi connectivity index (χ0v) is 11.2. The van der Waals surface area contributed by atoms with Crippen molar-refractivity contribution in [1.29, 1.82) is 0 Å². The van der Waals surface area contributed by atoms with Crippen LogP contribution in [0.15, 0.2) is 6.20 Å². The summed E-state index contributed by atoms with van der Waals surface area (Å²) in [5.41, 5.74) is 1.03. The van der Waals surface area contributed by atoms with Crippen LogP contribution in [-0.4, -0.2) is 45.1 Å². The number of nitrogens with zero attached hydrogens (tertiary/aromatic N) is 4. The van der Waals surface area contributed by atoms with E-state index in [9.17, 15) is 0 Å². The highest BCUT2D eigenvalue weighted by molar-refractivity contribution is 4.96. The molecular weight excluding hydrogens is 214 g/mol. The molecule has 2 heterocycles. The lowest BCUT2D eigenvalue weighted by Crippen LogP contribution is -2.51. The third kappa shape index (κ3) is 3.04. The van der Waals surface area contributed by atoms with Crippen LogP contribution in [0.4, 0.5) is 0 Å². The van der Waals surface area contributed by atoms with Crippen molar-refractivity contribution in [2.75, 3.05) is 13.1 Å². The van der Waals surface area contributed by atoms with Gasteiger partial charge in [0, 0.05) is 31.7 Å². The number of hydrogen-bond acceptors (Lipinski definition) is 4. The first-order chi connectivity index (χ1) is 8.06. The predicted molar refractivity (Wildman–Crippen MR) is 67.7 cm³/mol. The van der Waals surface area contributed by atoms with E-state index in [0.717, 1.165) is 25.3 Å². The van der Waals surface area contributed by atoms with Gasteiger partial charge < -0.3 is 5.32 Å². The molecule has 1 aliphatic rings. The van der Waals surface area contributed by atoms with Gasteiger partial charge in [-0.3, -0.25) is 4.90 Å². The molecule has 1 fully saturated rings. The van der Waals surface area contributed by atoms with Crippen LogP contribution in [-0.2, 0) is 6.54 Å². The maximum absolute atomic E-state index is 4.21. The van der Waals surface area contributed by atoms with E-state index >= 15 is 0 Å². The number of hydrogen-bond donors (Lipinski definition) is 1. The Morgan fingerprint density at radius 2 is 2.06 bits per heavy atom. The highest BCUT2D eigenvalue weighted by Crippen LogP contribution is 2.22. The predicted octanol–water partition coefficient (Wildman–Crippen LogP) is 1.04. The second kappa shape index (κ2) is 5.14. The van der Waals surface area contributed by atoms with E-state index in [4.69, 9.17) is 0 Å². The Bertz CT molecular complexity index is 352. The maximum atomic E-state index is 4.21. The molecule has 0 aliphatic carbocycles. The number of likely N-dealkylation sites (tertiary alicyclic amines) is 1. The first-order valence-corrected chi connectivity index (χ1v) is 6.44. The normalized spacial score (nSPS) is 18.0. The molecule has 5 nitrogen and oxygen atoms in total. The van der Waals surface area contributed by atoms with Crippen molar-refractivity contribution in [3.05, 3.63) is 11.9 Å². The van der Waals surface area contributed by atoms with Gasteiger partial charge in [-0.15, -0.1) is 5.10 Å². The third-order valence-electron chi connectivity index (χ3n) is 3.24. The molecule has 1 saturated heterocycles. The molecule has 0 atom stereocenters. The van der Waals surface area contributed by atoms with Crippen molar-refractivity contribution in [1.82, 2.24) is 25.2 Å². The smallest absolute Gasteiger partial charge is 0.0965 e. The van der Waals surface area contributed by atoms with E-state index in [1.54, 1.807) is 0 Å². The fourth-order valence-electron chi connectivity index (χ4n) is 1.96. The summed E-state index contributed by atoms with van der Waals surface area (Å²) in [6, 6.07) is 1.63. The summed E-state index contributed by atoms with van der Waals surface area (Å²) in [5.74, 6) is 0. The third-order valence-corrected chi connectivity index (χ3v) is 3.24. The molecule has 0 saturated carbocycles. The van der Waals surface area contributed by atoms with Gasteiger partial charge in [0.1, 0.15) is 0 Å². The van der Waals surface area contributed by atoms with Crippen LogP contribution in [0, 0.1) is 0 Å². The largest absolute Gasteiger partial charge is 0.309 e. The van der Waals surface area contributed by atoms with Crippen molar-refractivity contribution < 1.29 is 0 Å². The lowest BCUT2D eigenvalue weighted by Gasteiger charge is -2.41. The second-order valence-electron chi connectivity index (χ2n) is 5.43. The van der Waals surface area contributed by atoms with Crippen molar-refractivity contribution in [3.8, 4) is 0 Å². The molecule has 1 aromatic rings. The SMILES string of the molecule is CC(C)NCc1cn(C2CN(C(C)C)C2)nn1. The zero-order chi connectivity index (χ0) is 12.4. The first kappa shape index (κ1) is 12.5. The average Bonchev–Trinajstić information content (AvgIpc) is 2.60. The van der Waals surface area contributed by atoms with Crippen LogP contribution in [0.3, 0.4) is 0 Å². The van der Waals surface area contributed by atoms with Crippen LogP contribution in [0.5, 0.6) is 0 Å². The van der Waals surface area contributed by atoms with Gasteiger partial charge in [0.2, 0.25) is 0 Å². The summed E-state index contributed by atoms with van der Waals surface area (Å²) < 4.78 is 2.01. The lowest BCUT2D eigenvalue weighted by molar-refractivity contribution is 0.0664. The Morgan fingerprint density at radius 1 is 1.35 bits per heavy atom. The highest BCUT2D eigenvalue weighted by Gasteiger charge is 2.30. The Kier molecular flexibility index (Phi) is 3.79. The van der Waals surface area contributed by atoms with Gasteiger partial charge in [-0.25, -0.2) is 4.68 Å². The van der Waals surface area contributed by atoms with Crippen LogP contribution < -0.4 is 5.32 Å². The van der Waals surface area contributed by atoms with Gasteiger partial charge in [0.15, 0.2) is 0 Å². The van der Waals surface area contributed by atoms with E-state index < -0.39 is 0 Å².